The number of fused-ring (bicyclic) bond motifs is 2. The summed E-state index contributed by atoms with van der Waals surface area (Å²) >= 11 is 12.4. The van der Waals surface area contributed by atoms with Crippen molar-refractivity contribution in [1.29, 1.82) is 0 Å². The van der Waals surface area contributed by atoms with E-state index >= 15 is 0 Å². The third-order valence-corrected chi connectivity index (χ3v) is 10.0. The zero-order valence-electron chi connectivity index (χ0n) is 34.1. The number of benzene rings is 4. The number of carbonyl (C=O) groups excluding carboxylic acids is 5. The zero-order valence-corrected chi connectivity index (χ0v) is 43.3. The van der Waals surface area contributed by atoms with Crippen LogP contribution in [0.3, 0.4) is 0 Å². The second-order valence-electron chi connectivity index (χ2n) is 12.2. The van der Waals surface area contributed by atoms with Gasteiger partial charge in [-0.25, -0.2) is 18.4 Å². The summed E-state index contributed by atoms with van der Waals surface area (Å²) in [5, 5.41) is 12.3. The van der Waals surface area contributed by atoms with Gasteiger partial charge in [0.15, 0.2) is 11.6 Å². The Morgan fingerprint density at radius 1 is 0.852 bits per heavy atom. The van der Waals surface area contributed by atoms with Crippen LogP contribution in [0.2, 0.25) is 0 Å². The first-order chi connectivity index (χ1) is 28.3. The molecule has 310 valence electrons. The number of hydrogen-bond acceptors (Lipinski definition) is 11. The molecule has 0 bridgehead atoms. The number of hydrogen-bond donors (Lipinski definition) is 1. The van der Waals surface area contributed by atoms with E-state index in [1.807, 2.05) is 0 Å². The van der Waals surface area contributed by atoms with Crippen molar-refractivity contribution < 1.29 is 165 Å². The van der Waals surface area contributed by atoms with Crippen molar-refractivity contribution in [3.63, 3.8) is 0 Å². The smallest absolute Gasteiger partial charge is 1.00 e. The van der Waals surface area contributed by atoms with Gasteiger partial charge < -0.3 is 29.9 Å². The van der Waals surface area contributed by atoms with E-state index in [9.17, 15) is 28.0 Å². The first-order valence-electron chi connectivity index (χ1n) is 17.6. The summed E-state index contributed by atoms with van der Waals surface area (Å²) in [6, 6.07) is 18.3. The quantitative estimate of drug-likeness (QED) is 0.0484. The number of cyclic esters (lactones) is 1. The van der Waals surface area contributed by atoms with Crippen molar-refractivity contribution in [2.24, 2.45) is 0 Å². The number of anilines is 2. The maximum atomic E-state index is 13.3. The van der Waals surface area contributed by atoms with Gasteiger partial charge in [0.1, 0.15) is 47.5 Å². The SMILES string of the molecule is CCC(=O)c1c(-c2ccc(F)cc2)oc2cc(N3CCOC3=O)c(Br)cc12.CCC(=O)c1c(-c2ccc(F)cc2)oc2cc(NC(=O)OCCCl)c(Br)cc12.O=CO[O-].[H-].[K+].[K+]. The minimum atomic E-state index is -0.657. The second-order valence-corrected chi connectivity index (χ2v) is 14.3. The van der Waals surface area contributed by atoms with Crippen molar-refractivity contribution in [3.05, 3.63) is 105 Å². The van der Waals surface area contributed by atoms with Gasteiger partial charge in [-0.2, -0.15) is 0 Å². The molecule has 61 heavy (non-hydrogen) atoms. The molecule has 13 nitrogen and oxygen atoms in total. The van der Waals surface area contributed by atoms with E-state index in [4.69, 9.17) is 40.0 Å². The van der Waals surface area contributed by atoms with Gasteiger partial charge in [0.2, 0.25) is 0 Å². The molecule has 0 spiro atoms. The topological polar surface area (TPSA) is 178 Å². The first-order valence-corrected chi connectivity index (χ1v) is 19.7. The molecule has 0 atom stereocenters. The molecule has 0 unspecified atom stereocenters. The number of Topliss-reactive ketones (excluding diaryl/α,β-unsaturated/α-hetero) is 2. The van der Waals surface area contributed by atoms with Crippen LogP contribution in [0.25, 0.3) is 44.6 Å². The Bertz CT molecular complexity index is 2530. The summed E-state index contributed by atoms with van der Waals surface area (Å²) in [6.45, 7) is 4.20. The van der Waals surface area contributed by atoms with Crippen molar-refractivity contribution in [1.82, 2.24) is 0 Å². The number of halogens is 5. The fourth-order valence-corrected chi connectivity index (χ4v) is 7.01. The maximum Gasteiger partial charge on any atom is 1.00 e. The van der Waals surface area contributed by atoms with Crippen LogP contribution < -0.4 is 118 Å². The van der Waals surface area contributed by atoms with Gasteiger partial charge in [-0.15, -0.1) is 11.6 Å². The standard InChI is InChI=1S/C20H16BrClFNO4.C20H15BrFNO4.CH2O3.2K.H/c1-2-16(25)18-13-9-14(21)15(24-20(26)27-8-7-22)10-17(13)28-19(18)11-3-5-12(23)6-4-11;1-2-16(24)18-13-9-14(21)15(23-7-8-26-20(23)25)10-17(13)27-19(18)11-3-5-12(22)6-4-11;2-1-4-3;;;/h3-6,9-10H,2,7-8H2,1H3,(H,24,26);3-6,9-10H,2,7-8H2,1H3;1,3H;;;/q;;;2*+1;-1/p-1. The van der Waals surface area contributed by atoms with E-state index in [0.717, 1.165) is 0 Å². The largest absolute Gasteiger partial charge is 1.00 e. The number of nitrogens with zero attached hydrogens (tertiary/aromatic N) is 1. The second kappa shape index (κ2) is 25.2. The van der Waals surface area contributed by atoms with E-state index in [0.29, 0.717) is 95.6 Å². The molecule has 6 aromatic rings. The third-order valence-electron chi connectivity index (χ3n) is 8.59. The normalized spacial score (nSPS) is 11.5. The van der Waals surface area contributed by atoms with E-state index in [1.165, 1.54) is 29.2 Å². The molecule has 1 N–H and O–H groups in total. The summed E-state index contributed by atoms with van der Waals surface area (Å²) in [5.41, 5.74) is 3.98. The molecular formula is C41H33Br2ClF2K2N2O11. The van der Waals surface area contributed by atoms with Crippen LogP contribution in [0.1, 0.15) is 48.8 Å². The Hall–Kier alpha value is -2.35. The van der Waals surface area contributed by atoms with Crippen molar-refractivity contribution in [2.45, 2.75) is 26.7 Å². The van der Waals surface area contributed by atoms with Crippen LogP contribution in [0.4, 0.5) is 29.7 Å². The van der Waals surface area contributed by atoms with Gasteiger partial charge in [0.25, 0.3) is 6.47 Å². The van der Waals surface area contributed by atoms with Crippen LogP contribution >= 0.6 is 43.5 Å². The number of rotatable bonds is 11. The van der Waals surface area contributed by atoms with Gasteiger partial charge in [-0.05, 0) is 92.5 Å². The Labute approximate surface area is 455 Å². The number of ether oxygens (including phenoxy) is 2. The molecule has 0 saturated carbocycles. The summed E-state index contributed by atoms with van der Waals surface area (Å²) < 4.78 is 49.6. The molecule has 7 rings (SSSR count). The van der Waals surface area contributed by atoms with E-state index in [1.54, 1.807) is 62.4 Å². The van der Waals surface area contributed by atoms with Gasteiger partial charge in [-0.3, -0.25) is 24.6 Å². The number of alkyl halides is 1. The molecule has 1 fully saturated rings. The van der Waals surface area contributed by atoms with Crippen LogP contribution in [0.15, 0.2) is 90.6 Å². The fraction of sp³-hybridized carbons (Fsp3) is 0.195. The average molecular weight is 1040 g/mol. The first kappa shape index (κ1) is 53.0. The van der Waals surface area contributed by atoms with Crippen molar-refractivity contribution in [2.75, 3.05) is 35.9 Å². The summed E-state index contributed by atoms with van der Waals surface area (Å²) in [4.78, 5) is 61.7. The number of carbonyl (C=O) groups is 5. The summed E-state index contributed by atoms with van der Waals surface area (Å²) in [7, 11) is 0. The van der Waals surface area contributed by atoms with E-state index in [2.05, 4.69) is 42.1 Å². The number of amides is 2. The Kier molecular flexibility index (Phi) is 21.9. The molecule has 1 aliphatic rings. The van der Waals surface area contributed by atoms with Crippen LogP contribution in [-0.2, 0) is 19.2 Å². The molecule has 3 heterocycles. The van der Waals surface area contributed by atoms with Gasteiger partial charge in [0, 0.05) is 55.8 Å². The fourth-order valence-electron chi connectivity index (χ4n) is 5.93. The van der Waals surface area contributed by atoms with Gasteiger partial charge >= 0.3 is 115 Å². The number of ketones is 2. The minimum absolute atomic E-state index is 0. The summed E-state index contributed by atoms with van der Waals surface area (Å²) in [6.07, 6.45) is -0.493. The molecule has 0 aliphatic carbocycles. The molecule has 4 aromatic carbocycles. The molecule has 1 saturated heterocycles. The average Bonchev–Trinajstić information content (AvgIpc) is 3.94. The predicted octanol–water partition coefficient (Wildman–Crippen LogP) is 4.49. The van der Waals surface area contributed by atoms with Crippen LogP contribution in [-0.4, -0.2) is 55.9 Å². The van der Waals surface area contributed by atoms with Crippen LogP contribution in [0.5, 0.6) is 0 Å². The molecule has 2 aromatic heterocycles. The molecular weight excluding hydrogens is 1010 g/mol. The zero-order chi connectivity index (χ0) is 42.8. The van der Waals surface area contributed by atoms with Gasteiger partial charge in [0.05, 0.1) is 34.9 Å². The van der Waals surface area contributed by atoms with E-state index in [-0.39, 0.29) is 153 Å². The van der Waals surface area contributed by atoms with Crippen molar-refractivity contribution >= 4 is 107 Å². The summed E-state index contributed by atoms with van der Waals surface area (Å²) in [5.74, 6) is 0.0137. The van der Waals surface area contributed by atoms with E-state index < -0.39 is 12.2 Å². The molecule has 1 aliphatic heterocycles. The Balaban J connectivity index is 0.000000376. The van der Waals surface area contributed by atoms with Gasteiger partial charge in [-0.1, -0.05) is 13.8 Å². The predicted molar refractivity (Wildman–Crippen MR) is 221 cm³/mol. The maximum absolute atomic E-state index is 13.3. The number of nitrogens with one attached hydrogen (secondary N) is 1. The molecule has 20 heteroatoms. The number of furan rings is 2. The van der Waals surface area contributed by atoms with Crippen LogP contribution in [0, 0.1) is 11.6 Å². The van der Waals surface area contributed by atoms with Crippen molar-refractivity contribution in [3.8, 4) is 22.6 Å². The monoisotopic (exact) mass is 1040 g/mol. The Morgan fingerprint density at radius 2 is 1.33 bits per heavy atom. The third kappa shape index (κ3) is 13.1. The Morgan fingerprint density at radius 3 is 1.75 bits per heavy atom. The minimum Gasteiger partial charge on any atom is -1.00 e. The molecule has 0 radical (unpaired) electrons. The molecule has 2 amide bonds.